The number of thioether (sulfide) groups is 1. The molecular weight excluding hydrogens is 396 g/mol. The van der Waals surface area contributed by atoms with Crippen molar-refractivity contribution in [2.75, 3.05) is 21.3 Å². The predicted octanol–water partition coefficient (Wildman–Crippen LogP) is 1.90. The fourth-order valence-corrected chi connectivity index (χ4v) is 3.61. The molecule has 1 fully saturated rings. The van der Waals surface area contributed by atoms with Crippen LogP contribution in [0.2, 0.25) is 0 Å². The summed E-state index contributed by atoms with van der Waals surface area (Å²) < 4.78 is 17.7. The molecule has 1 aromatic heterocycles. The highest BCUT2D eigenvalue weighted by molar-refractivity contribution is 8.00. The van der Waals surface area contributed by atoms with Crippen LogP contribution in [0, 0.1) is 11.3 Å². The Morgan fingerprint density at radius 3 is 2.45 bits per heavy atom. The highest BCUT2D eigenvalue weighted by Gasteiger charge is 2.30. The second-order valence-corrected chi connectivity index (χ2v) is 7.73. The van der Waals surface area contributed by atoms with E-state index in [0.29, 0.717) is 34.0 Å². The lowest BCUT2D eigenvalue weighted by Gasteiger charge is -2.18. The number of rotatable bonds is 9. The second-order valence-electron chi connectivity index (χ2n) is 6.43. The molecule has 1 heterocycles. The van der Waals surface area contributed by atoms with Gasteiger partial charge in [-0.2, -0.15) is 5.26 Å². The van der Waals surface area contributed by atoms with E-state index in [0.717, 1.165) is 12.8 Å². The second kappa shape index (κ2) is 9.00. The fourth-order valence-electron chi connectivity index (χ4n) is 2.74. The van der Waals surface area contributed by atoms with E-state index in [9.17, 15) is 10.1 Å². The molecule has 0 spiro atoms. The van der Waals surface area contributed by atoms with E-state index in [1.807, 2.05) is 0 Å². The van der Waals surface area contributed by atoms with Crippen LogP contribution in [0.15, 0.2) is 17.3 Å². The SMILES string of the molecule is COc1cc(C(C#N)NC(=O)C(C)Sc2nnnn2C2CC2)cc(OC)c1OC. The molecule has 2 aromatic rings. The van der Waals surface area contributed by atoms with Crippen LogP contribution >= 0.6 is 11.8 Å². The fraction of sp³-hybridized carbons (Fsp3) is 0.500. The van der Waals surface area contributed by atoms with Crippen molar-refractivity contribution in [3.63, 3.8) is 0 Å². The zero-order valence-electron chi connectivity index (χ0n) is 16.6. The molecule has 1 aromatic carbocycles. The van der Waals surface area contributed by atoms with Crippen LogP contribution in [0.25, 0.3) is 0 Å². The van der Waals surface area contributed by atoms with Crippen LogP contribution in [-0.4, -0.2) is 52.7 Å². The Hall–Kier alpha value is -3.00. The largest absolute Gasteiger partial charge is 0.493 e. The van der Waals surface area contributed by atoms with Gasteiger partial charge in [-0.15, -0.1) is 5.10 Å². The first-order valence-corrected chi connectivity index (χ1v) is 9.84. The third kappa shape index (κ3) is 4.54. The van der Waals surface area contributed by atoms with E-state index >= 15 is 0 Å². The highest BCUT2D eigenvalue weighted by Crippen LogP contribution is 2.40. The summed E-state index contributed by atoms with van der Waals surface area (Å²) in [6, 6.07) is 4.81. The van der Waals surface area contributed by atoms with Gasteiger partial charge in [-0.3, -0.25) is 4.79 Å². The third-order valence-electron chi connectivity index (χ3n) is 4.44. The van der Waals surface area contributed by atoms with E-state index in [1.54, 1.807) is 23.7 Å². The third-order valence-corrected chi connectivity index (χ3v) is 5.49. The first kappa shape index (κ1) is 20.7. The van der Waals surface area contributed by atoms with Gasteiger partial charge in [-0.1, -0.05) is 11.8 Å². The summed E-state index contributed by atoms with van der Waals surface area (Å²) in [5, 5.41) is 24.1. The normalized spacial score (nSPS) is 15.1. The summed E-state index contributed by atoms with van der Waals surface area (Å²) in [7, 11) is 4.48. The van der Waals surface area contributed by atoms with Crippen molar-refractivity contribution in [3.05, 3.63) is 17.7 Å². The molecule has 1 aliphatic rings. The Balaban J connectivity index is 1.74. The van der Waals surface area contributed by atoms with Crippen LogP contribution < -0.4 is 19.5 Å². The summed E-state index contributed by atoms with van der Waals surface area (Å²) in [5.74, 6) is 0.919. The van der Waals surface area contributed by atoms with Crippen molar-refractivity contribution >= 4 is 17.7 Å². The molecule has 3 rings (SSSR count). The quantitative estimate of drug-likeness (QED) is 0.608. The maximum atomic E-state index is 12.7. The molecule has 2 unspecified atom stereocenters. The zero-order valence-corrected chi connectivity index (χ0v) is 17.4. The summed E-state index contributed by atoms with van der Waals surface area (Å²) in [6.07, 6.45) is 2.08. The molecule has 1 saturated carbocycles. The van der Waals surface area contributed by atoms with Gasteiger partial charge in [0.25, 0.3) is 0 Å². The number of carbonyl (C=O) groups is 1. The van der Waals surface area contributed by atoms with Crippen molar-refractivity contribution in [2.24, 2.45) is 0 Å². The van der Waals surface area contributed by atoms with Gasteiger partial charge in [-0.05, 0) is 47.9 Å². The van der Waals surface area contributed by atoms with Gasteiger partial charge in [0.2, 0.25) is 16.8 Å². The molecule has 154 valence electrons. The Bertz CT molecular complexity index is 898. The predicted molar refractivity (Wildman–Crippen MR) is 104 cm³/mol. The zero-order chi connectivity index (χ0) is 21.0. The van der Waals surface area contributed by atoms with Crippen molar-refractivity contribution in [2.45, 2.75) is 42.3 Å². The molecule has 0 radical (unpaired) electrons. The minimum Gasteiger partial charge on any atom is -0.493 e. The first-order chi connectivity index (χ1) is 14.0. The number of hydrogen-bond donors (Lipinski definition) is 1. The minimum absolute atomic E-state index is 0.305. The van der Waals surface area contributed by atoms with Gasteiger partial charge >= 0.3 is 0 Å². The number of carbonyl (C=O) groups excluding carboxylic acids is 1. The van der Waals surface area contributed by atoms with Crippen LogP contribution in [0.1, 0.15) is 37.4 Å². The van der Waals surface area contributed by atoms with E-state index < -0.39 is 11.3 Å². The lowest BCUT2D eigenvalue weighted by Crippen LogP contribution is -2.34. The minimum atomic E-state index is -0.890. The molecule has 0 saturated heterocycles. The maximum Gasteiger partial charge on any atom is 0.234 e. The van der Waals surface area contributed by atoms with Crippen LogP contribution in [-0.2, 0) is 4.79 Å². The van der Waals surface area contributed by atoms with Gasteiger partial charge in [0, 0.05) is 0 Å². The summed E-state index contributed by atoms with van der Waals surface area (Å²) in [5.41, 5.74) is 0.523. The number of methoxy groups -OCH3 is 3. The van der Waals surface area contributed by atoms with Gasteiger partial charge < -0.3 is 19.5 Å². The topological polar surface area (TPSA) is 124 Å². The molecule has 10 nitrogen and oxygen atoms in total. The number of nitrogens with zero attached hydrogens (tertiary/aromatic N) is 5. The standard InChI is InChI=1S/C18H22N6O4S/c1-10(29-18-21-22-23-24(18)12-5-6-12)17(25)20-13(9-19)11-7-14(26-2)16(28-4)15(8-11)27-3/h7-8,10,12-13H,5-6H2,1-4H3,(H,20,25). The lowest BCUT2D eigenvalue weighted by atomic mass is 10.1. The number of aromatic nitrogens is 4. The molecule has 1 amide bonds. The molecule has 2 atom stereocenters. The van der Waals surface area contributed by atoms with E-state index in [1.165, 1.54) is 33.1 Å². The van der Waals surface area contributed by atoms with Crippen LogP contribution in [0.5, 0.6) is 17.2 Å². The lowest BCUT2D eigenvalue weighted by molar-refractivity contribution is -0.120. The molecule has 11 heteroatoms. The van der Waals surface area contributed by atoms with Gasteiger partial charge in [0.15, 0.2) is 11.5 Å². The van der Waals surface area contributed by atoms with E-state index in [2.05, 4.69) is 26.9 Å². The van der Waals surface area contributed by atoms with Gasteiger partial charge in [-0.25, -0.2) is 4.68 Å². The van der Waals surface area contributed by atoms with Crippen LogP contribution in [0.3, 0.4) is 0 Å². The van der Waals surface area contributed by atoms with E-state index in [-0.39, 0.29) is 5.91 Å². The van der Waals surface area contributed by atoms with Crippen molar-refractivity contribution in [1.29, 1.82) is 5.26 Å². The number of amides is 1. The number of tetrazole rings is 1. The number of benzene rings is 1. The molecule has 29 heavy (non-hydrogen) atoms. The maximum absolute atomic E-state index is 12.7. The molecule has 0 aliphatic heterocycles. The smallest absolute Gasteiger partial charge is 0.234 e. The number of nitriles is 1. The average molecular weight is 418 g/mol. The first-order valence-electron chi connectivity index (χ1n) is 8.96. The Morgan fingerprint density at radius 2 is 1.93 bits per heavy atom. The summed E-state index contributed by atoms with van der Waals surface area (Å²) >= 11 is 1.26. The monoisotopic (exact) mass is 418 g/mol. The Kier molecular flexibility index (Phi) is 6.43. The van der Waals surface area contributed by atoms with Crippen molar-refractivity contribution in [3.8, 4) is 23.3 Å². The Labute approximate surface area is 172 Å². The molecular formula is C18H22N6O4S. The van der Waals surface area contributed by atoms with Crippen molar-refractivity contribution < 1.29 is 19.0 Å². The molecule has 0 bridgehead atoms. The summed E-state index contributed by atoms with van der Waals surface area (Å²) in [6.45, 7) is 1.75. The molecule has 1 N–H and O–H groups in total. The average Bonchev–Trinajstić information content (AvgIpc) is 3.49. The number of ether oxygens (including phenoxy) is 3. The number of hydrogen-bond acceptors (Lipinski definition) is 9. The van der Waals surface area contributed by atoms with Gasteiger partial charge in [0.05, 0.1) is 38.7 Å². The van der Waals surface area contributed by atoms with Crippen molar-refractivity contribution in [1.82, 2.24) is 25.5 Å². The van der Waals surface area contributed by atoms with Crippen LogP contribution in [0.4, 0.5) is 0 Å². The highest BCUT2D eigenvalue weighted by atomic mass is 32.2. The Morgan fingerprint density at radius 1 is 1.28 bits per heavy atom. The van der Waals surface area contributed by atoms with Gasteiger partial charge in [0.1, 0.15) is 6.04 Å². The molecule has 1 aliphatic carbocycles. The number of nitrogens with one attached hydrogen (secondary N) is 1. The van der Waals surface area contributed by atoms with E-state index in [4.69, 9.17) is 14.2 Å². The summed E-state index contributed by atoms with van der Waals surface area (Å²) in [4.78, 5) is 12.7.